The molecule has 0 aliphatic heterocycles. The van der Waals surface area contributed by atoms with Gasteiger partial charge in [-0.15, -0.1) is 0 Å². The standard InChI is InChI=1S/C38H27N.C20H15BO2.C18H14BrN/c1-38(2)33-18-10-13-26-22-39-23-32(37(26)33)27-20-19-25(21-34(27)38)36-30-16-8-6-14-28(30)35(24-11-4-3-5-12-24)29-15-7-9-17-31(29)36;22-21(23)20-17-12-6-4-10-15(17)19(14-8-2-1-3-9-14)16-11-5-7-13-18(16)20;1-18(2)15-5-3-4-11-9-20-10-14(17(11)15)13-7-6-12(19)8-16(13)18/h3-23H,1-2H3;1-13,22-23H;3-10H,1-2H3. The molecule has 6 heteroatoms. The number of aromatic nitrogens is 2. The summed E-state index contributed by atoms with van der Waals surface area (Å²) in [6.45, 7) is 9.33. The summed E-state index contributed by atoms with van der Waals surface area (Å²) in [5.41, 5.74) is 18.3. The number of pyridine rings is 2. The van der Waals surface area contributed by atoms with E-state index < -0.39 is 7.12 Å². The molecule has 2 N–H and O–H groups in total. The summed E-state index contributed by atoms with van der Waals surface area (Å²) in [4.78, 5) is 9.02. The lowest BCUT2D eigenvalue weighted by molar-refractivity contribution is 0.426. The zero-order valence-electron chi connectivity index (χ0n) is 46.0. The van der Waals surface area contributed by atoms with Gasteiger partial charge in [0, 0.05) is 62.0 Å². The highest BCUT2D eigenvalue weighted by molar-refractivity contribution is 9.10. The number of hydrogen-bond donors (Lipinski definition) is 2. The summed E-state index contributed by atoms with van der Waals surface area (Å²) >= 11 is 3.60. The van der Waals surface area contributed by atoms with Gasteiger partial charge in [0.15, 0.2) is 0 Å². The second-order valence-electron chi connectivity index (χ2n) is 22.7. The predicted molar refractivity (Wildman–Crippen MR) is 349 cm³/mol. The molecule has 0 atom stereocenters. The molecule has 14 aromatic rings. The first kappa shape index (κ1) is 51.1. The molecule has 0 bridgehead atoms. The lowest BCUT2D eigenvalue weighted by Gasteiger charge is -2.35. The number of fused-ring (bicyclic) bond motifs is 8. The van der Waals surface area contributed by atoms with Crippen molar-refractivity contribution in [3.8, 4) is 55.6 Å². The van der Waals surface area contributed by atoms with Gasteiger partial charge >= 0.3 is 7.12 Å². The van der Waals surface area contributed by atoms with Crippen LogP contribution in [0, 0.1) is 0 Å². The molecular weight excluding hydrogens is 1060 g/mol. The summed E-state index contributed by atoms with van der Waals surface area (Å²) in [5, 5.41) is 33.9. The van der Waals surface area contributed by atoms with E-state index in [4.69, 9.17) is 0 Å². The van der Waals surface area contributed by atoms with Crippen molar-refractivity contribution < 1.29 is 10.0 Å². The lowest BCUT2D eigenvalue weighted by atomic mass is 9.68. The Morgan fingerprint density at radius 3 is 1.12 bits per heavy atom. The Morgan fingerprint density at radius 2 is 0.695 bits per heavy atom. The highest BCUT2D eigenvalue weighted by Gasteiger charge is 2.35. The number of hydrogen-bond acceptors (Lipinski definition) is 4. The van der Waals surface area contributed by atoms with Gasteiger partial charge in [-0.25, -0.2) is 0 Å². The van der Waals surface area contributed by atoms with Crippen LogP contribution in [-0.4, -0.2) is 27.1 Å². The van der Waals surface area contributed by atoms with Crippen molar-refractivity contribution in [3.05, 3.63) is 282 Å². The van der Waals surface area contributed by atoms with Gasteiger partial charge in [-0.3, -0.25) is 9.97 Å². The quantitative estimate of drug-likeness (QED) is 0.136. The normalized spacial score (nSPS) is 13.3. The van der Waals surface area contributed by atoms with E-state index in [1.165, 1.54) is 110 Å². The van der Waals surface area contributed by atoms with Crippen molar-refractivity contribution in [1.82, 2.24) is 9.97 Å². The molecule has 12 aromatic carbocycles. The predicted octanol–water partition coefficient (Wildman–Crippen LogP) is 18.8. The molecule has 0 radical (unpaired) electrons. The summed E-state index contributed by atoms with van der Waals surface area (Å²) < 4.78 is 1.13. The molecule has 2 aromatic heterocycles. The molecule has 16 rings (SSSR count). The van der Waals surface area contributed by atoms with E-state index in [9.17, 15) is 10.0 Å². The van der Waals surface area contributed by atoms with Crippen molar-refractivity contribution in [3.63, 3.8) is 0 Å². The van der Waals surface area contributed by atoms with E-state index in [-0.39, 0.29) is 10.8 Å². The van der Waals surface area contributed by atoms with E-state index in [1.807, 2.05) is 91.5 Å². The van der Waals surface area contributed by atoms with E-state index in [1.54, 1.807) is 0 Å². The van der Waals surface area contributed by atoms with Gasteiger partial charge in [0.2, 0.25) is 0 Å². The van der Waals surface area contributed by atoms with E-state index >= 15 is 0 Å². The van der Waals surface area contributed by atoms with Gasteiger partial charge < -0.3 is 10.0 Å². The molecule has 0 spiro atoms. The molecule has 2 heterocycles. The van der Waals surface area contributed by atoms with Crippen molar-refractivity contribution in [2.75, 3.05) is 0 Å². The molecule has 2 aliphatic rings. The highest BCUT2D eigenvalue weighted by atomic mass is 79.9. The molecule has 0 saturated carbocycles. The van der Waals surface area contributed by atoms with Gasteiger partial charge in [-0.05, 0) is 144 Å². The average Bonchev–Trinajstić information content (AvgIpc) is 2.86. The topological polar surface area (TPSA) is 66.2 Å². The fraction of sp³-hybridized carbons (Fsp3) is 0.0789. The summed E-state index contributed by atoms with van der Waals surface area (Å²) in [7, 11) is -1.50. The van der Waals surface area contributed by atoms with Crippen LogP contribution in [0.15, 0.2) is 260 Å². The zero-order chi connectivity index (χ0) is 55.9. The first-order chi connectivity index (χ1) is 40.0. The van der Waals surface area contributed by atoms with Crippen LogP contribution in [-0.2, 0) is 10.8 Å². The summed E-state index contributed by atoms with van der Waals surface area (Å²) in [6.07, 6.45) is 7.99. The third kappa shape index (κ3) is 8.27. The first-order valence-electron chi connectivity index (χ1n) is 28.0. The fourth-order valence-corrected chi connectivity index (χ4v) is 14.0. The van der Waals surface area contributed by atoms with E-state index in [0.29, 0.717) is 5.46 Å². The molecule has 392 valence electrons. The maximum absolute atomic E-state index is 9.94. The molecule has 0 saturated heterocycles. The van der Waals surface area contributed by atoms with E-state index in [2.05, 4.69) is 217 Å². The second-order valence-corrected chi connectivity index (χ2v) is 23.6. The molecule has 2 aliphatic carbocycles. The van der Waals surface area contributed by atoms with Crippen LogP contribution in [0.25, 0.3) is 120 Å². The van der Waals surface area contributed by atoms with Crippen molar-refractivity contribution in [2.24, 2.45) is 0 Å². The SMILES string of the molecule is CC1(C)c2cc(-c3c4ccccc4c(-c4ccccc4)c4ccccc34)ccc2-c2cncc3cccc1c23.CC1(C)c2cc(Br)ccc2-c2cncc3cccc1c23.OB(O)c1c2ccccc2c(-c2ccccc2)c2ccccc12. The number of benzene rings is 12. The highest BCUT2D eigenvalue weighted by Crippen LogP contribution is 2.52. The molecule has 4 nitrogen and oxygen atoms in total. The third-order valence-electron chi connectivity index (χ3n) is 17.4. The Balaban J connectivity index is 0.000000119. The Hall–Kier alpha value is -9.04. The Labute approximate surface area is 486 Å². The zero-order valence-corrected chi connectivity index (χ0v) is 47.6. The van der Waals surface area contributed by atoms with Crippen LogP contribution in [0.2, 0.25) is 0 Å². The van der Waals surface area contributed by atoms with Crippen molar-refractivity contribution >= 4 is 93.1 Å². The molecular formula is C76H56BBrN2O2. The summed E-state index contributed by atoms with van der Waals surface area (Å²) in [6, 6.07) is 81.4. The average molecular weight is 1120 g/mol. The minimum atomic E-state index is -1.50. The number of halogens is 1. The van der Waals surface area contributed by atoms with Crippen LogP contribution < -0.4 is 5.46 Å². The Kier molecular flexibility index (Phi) is 12.6. The maximum atomic E-state index is 9.94. The van der Waals surface area contributed by atoms with Crippen molar-refractivity contribution in [1.29, 1.82) is 0 Å². The first-order valence-corrected chi connectivity index (χ1v) is 28.8. The van der Waals surface area contributed by atoms with Gasteiger partial charge in [0.05, 0.1) is 0 Å². The van der Waals surface area contributed by atoms with Gasteiger partial charge in [-0.2, -0.15) is 0 Å². The Bertz CT molecular complexity index is 4740. The van der Waals surface area contributed by atoms with Gasteiger partial charge in [0.1, 0.15) is 0 Å². The largest absolute Gasteiger partial charge is 0.489 e. The summed E-state index contributed by atoms with van der Waals surface area (Å²) in [5.74, 6) is 0. The Morgan fingerprint density at radius 1 is 0.329 bits per heavy atom. The third-order valence-corrected chi connectivity index (χ3v) is 17.9. The maximum Gasteiger partial charge on any atom is 0.489 e. The monoisotopic (exact) mass is 1120 g/mol. The van der Waals surface area contributed by atoms with Crippen LogP contribution in [0.3, 0.4) is 0 Å². The van der Waals surface area contributed by atoms with Crippen LogP contribution >= 0.6 is 15.9 Å². The molecule has 0 fully saturated rings. The van der Waals surface area contributed by atoms with E-state index in [0.717, 1.165) is 37.1 Å². The van der Waals surface area contributed by atoms with Gasteiger partial charge in [-0.1, -0.05) is 256 Å². The molecule has 82 heavy (non-hydrogen) atoms. The second kappa shape index (κ2) is 20.2. The minimum Gasteiger partial charge on any atom is -0.423 e. The smallest absolute Gasteiger partial charge is 0.423 e. The molecule has 0 amide bonds. The number of nitrogens with zero attached hydrogens (tertiary/aromatic N) is 2. The van der Waals surface area contributed by atoms with Crippen LogP contribution in [0.5, 0.6) is 0 Å². The number of rotatable bonds is 4. The van der Waals surface area contributed by atoms with Gasteiger partial charge in [0.25, 0.3) is 0 Å². The lowest BCUT2D eigenvalue weighted by Crippen LogP contribution is -2.31. The fourth-order valence-electron chi connectivity index (χ4n) is 13.6. The van der Waals surface area contributed by atoms with Crippen LogP contribution in [0.1, 0.15) is 49.9 Å². The minimum absolute atomic E-state index is 0.00692. The molecule has 0 unspecified atom stereocenters. The van der Waals surface area contributed by atoms with Crippen molar-refractivity contribution in [2.45, 2.75) is 38.5 Å². The van der Waals surface area contributed by atoms with Crippen LogP contribution in [0.4, 0.5) is 0 Å².